The van der Waals surface area contributed by atoms with Crippen molar-refractivity contribution >= 4 is 35.4 Å². The van der Waals surface area contributed by atoms with E-state index in [0.29, 0.717) is 0 Å². The van der Waals surface area contributed by atoms with E-state index in [1.165, 1.54) is 89.9 Å². The first-order valence-electron chi connectivity index (χ1n) is 9.03. The topological polar surface area (TPSA) is 20.2 Å². The van der Waals surface area contributed by atoms with Gasteiger partial charge in [-0.05, 0) is 6.04 Å². The summed E-state index contributed by atoms with van der Waals surface area (Å²) in [5.41, 5.74) is 0. The lowest BCUT2D eigenvalue weighted by Crippen LogP contribution is -2.27. The molecule has 0 heterocycles. The molecular weight excluding hydrogens is 321 g/mol. The van der Waals surface area contributed by atoms with Crippen LogP contribution in [0.3, 0.4) is 0 Å². The van der Waals surface area contributed by atoms with E-state index in [-0.39, 0.29) is 0 Å². The molecule has 0 amide bonds. The van der Waals surface area contributed by atoms with Crippen molar-refractivity contribution in [3.8, 4) is 0 Å². The van der Waals surface area contributed by atoms with Crippen LogP contribution in [0.2, 0.25) is 6.04 Å². The zero-order valence-electron chi connectivity index (χ0n) is 14.1. The van der Waals surface area contributed by atoms with Crippen molar-refractivity contribution in [1.82, 2.24) is 0 Å². The molecule has 0 bridgehead atoms. The van der Waals surface area contributed by atoms with Gasteiger partial charge in [-0.25, -0.2) is 0 Å². The molecule has 0 fully saturated rings. The minimum atomic E-state index is -0.965. The van der Waals surface area contributed by atoms with Crippen molar-refractivity contribution in [1.29, 1.82) is 0 Å². The second-order valence-corrected chi connectivity index (χ2v) is 15.7. The minimum absolute atomic E-state index is 0.778. The quantitative estimate of drug-likeness (QED) is 0.304. The van der Waals surface area contributed by atoms with E-state index in [0.717, 1.165) is 23.2 Å². The van der Waals surface area contributed by atoms with Gasteiger partial charge in [0.25, 0.3) is 0 Å². The summed E-state index contributed by atoms with van der Waals surface area (Å²) in [6, 6.07) is 1.11. The first-order valence-corrected chi connectivity index (χ1v) is 16.2. The molecule has 1 nitrogen and oxygen atoms in total. The summed E-state index contributed by atoms with van der Waals surface area (Å²) in [7, 11) is 4.10. The Balaban J connectivity index is 2.99. The average molecular weight is 355 g/mol. The predicted octanol–water partition coefficient (Wildman–Crippen LogP) is 4.36. The SMILES string of the molecule is CCCCCCCCCCCCCCCC[Si](O)[Si][Si][Si]. The fourth-order valence-corrected chi connectivity index (χ4v) is 11.1. The summed E-state index contributed by atoms with van der Waals surface area (Å²) >= 11 is 0. The van der Waals surface area contributed by atoms with Crippen molar-refractivity contribution in [2.24, 2.45) is 0 Å². The van der Waals surface area contributed by atoms with Gasteiger partial charge in [0.2, 0.25) is 0 Å². The van der Waals surface area contributed by atoms with Gasteiger partial charge >= 0.3 is 0 Å². The smallest absolute Gasteiger partial charge is 0.182 e. The number of hydrogen-bond donors (Lipinski definition) is 1. The maximum absolute atomic E-state index is 9.73. The predicted molar refractivity (Wildman–Crippen MR) is 100 cm³/mol. The Morgan fingerprint density at radius 2 is 1.10 bits per heavy atom. The molecule has 0 aromatic heterocycles. The Bertz CT molecular complexity index is 193. The lowest BCUT2D eigenvalue weighted by atomic mass is 10.0. The van der Waals surface area contributed by atoms with Crippen molar-refractivity contribution in [2.75, 3.05) is 0 Å². The highest BCUT2D eigenvalue weighted by molar-refractivity contribution is 7.44. The van der Waals surface area contributed by atoms with Crippen LogP contribution in [0.5, 0.6) is 0 Å². The molecule has 21 heavy (non-hydrogen) atoms. The summed E-state index contributed by atoms with van der Waals surface area (Å²) in [6.07, 6.45) is 19.8. The number of hydrogen-bond acceptors (Lipinski definition) is 1. The van der Waals surface area contributed by atoms with Crippen LogP contribution in [-0.4, -0.2) is 40.2 Å². The van der Waals surface area contributed by atoms with Crippen LogP contribution < -0.4 is 0 Å². The Kier molecular flexibility index (Phi) is 19.6. The molecule has 0 spiro atoms. The molecule has 0 aliphatic heterocycles. The van der Waals surface area contributed by atoms with Crippen molar-refractivity contribution < 1.29 is 4.80 Å². The van der Waals surface area contributed by atoms with E-state index >= 15 is 0 Å². The maximum Gasteiger partial charge on any atom is 0.182 e. The van der Waals surface area contributed by atoms with Gasteiger partial charge in [0.05, 0.1) is 0 Å². The van der Waals surface area contributed by atoms with Crippen LogP contribution >= 0.6 is 0 Å². The average Bonchev–Trinajstić information content (AvgIpc) is 2.48. The lowest BCUT2D eigenvalue weighted by molar-refractivity contribution is 0.535. The summed E-state index contributed by atoms with van der Waals surface area (Å²) in [5, 5.41) is 0. The molecule has 0 unspecified atom stereocenters. The second kappa shape index (κ2) is 18.9. The molecule has 0 aromatic carbocycles. The van der Waals surface area contributed by atoms with Crippen molar-refractivity contribution in [2.45, 2.75) is 103 Å². The van der Waals surface area contributed by atoms with E-state index in [2.05, 4.69) is 16.7 Å². The van der Waals surface area contributed by atoms with E-state index in [4.69, 9.17) is 0 Å². The Hall–Kier alpha value is 0.828. The molecule has 0 saturated heterocycles. The summed E-state index contributed by atoms with van der Waals surface area (Å²) in [4.78, 5) is 9.73. The molecular formula is C16H34OSi4. The highest BCUT2D eigenvalue weighted by Crippen LogP contribution is 2.13. The van der Waals surface area contributed by atoms with Gasteiger partial charge in [0, 0.05) is 26.9 Å². The lowest BCUT2D eigenvalue weighted by Gasteiger charge is -2.05. The van der Waals surface area contributed by atoms with Gasteiger partial charge in [-0.3, -0.25) is 0 Å². The van der Waals surface area contributed by atoms with Gasteiger partial charge in [0.15, 0.2) is 8.56 Å². The Labute approximate surface area is 143 Å². The fraction of sp³-hybridized carbons (Fsp3) is 1.00. The van der Waals surface area contributed by atoms with E-state index in [1.807, 2.05) is 0 Å². The minimum Gasteiger partial charge on any atom is -0.435 e. The number of unbranched alkanes of at least 4 members (excludes halogenated alkanes) is 13. The maximum atomic E-state index is 9.73. The second-order valence-electron chi connectivity index (χ2n) is 6.04. The highest BCUT2D eigenvalue weighted by atomic mass is 29.7. The molecule has 0 rings (SSSR count). The first kappa shape index (κ1) is 21.8. The van der Waals surface area contributed by atoms with E-state index in [1.54, 1.807) is 0 Å². The van der Waals surface area contributed by atoms with Crippen LogP contribution in [0.4, 0.5) is 0 Å². The highest BCUT2D eigenvalue weighted by Gasteiger charge is 2.06. The monoisotopic (exact) mass is 354 g/mol. The van der Waals surface area contributed by atoms with Gasteiger partial charge in [0.1, 0.15) is 0 Å². The van der Waals surface area contributed by atoms with Gasteiger partial charge in [-0.15, -0.1) is 0 Å². The van der Waals surface area contributed by atoms with Crippen molar-refractivity contribution in [3.63, 3.8) is 0 Å². The molecule has 0 aromatic rings. The van der Waals surface area contributed by atoms with Crippen LogP contribution in [0, 0.1) is 0 Å². The molecule has 1 N–H and O–H groups in total. The zero-order valence-corrected chi connectivity index (χ0v) is 18.1. The molecule has 5 heteroatoms. The molecule has 120 valence electrons. The standard InChI is InChI=1S/C16H34OSi4/c1-2-3-4-5-6-7-8-9-10-11-12-13-14-15-16-21(17)20-19-18/h17H,2-16H2,1H3. The van der Waals surface area contributed by atoms with Crippen LogP contribution in [0.1, 0.15) is 96.8 Å². The van der Waals surface area contributed by atoms with Crippen LogP contribution in [-0.2, 0) is 0 Å². The zero-order chi connectivity index (χ0) is 15.6. The largest absolute Gasteiger partial charge is 0.435 e. The summed E-state index contributed by atoms with van der Waals surface area (Å²) in [5.74, 6) is 0. The molecule has 0 aliphatic rings. The third-order valence-corrected chi connectivity index (χ3v) is 14.3. The third kappa shape index (κ3) is 18.8. The molecule has 8 radical (unpaired) electrons. The van der Waals surface area contributed by atoms with Crippen LogP contribution in [0.25, 0.3) is 0 Å². The third-order valence-electron chi connectivity index (χ3n) is 3.97. The Morgan fingerprint density at radius 1 is 0.714 bits per heavy atom. The summed E-state index contributed by atoms with van der Waals surface area (Å²) in [6.45, 7) is 2.29. The van der Waals surface area contributed by atoms with Gasteiger partial charge in [-0.1, -0.05) is 96.8 Å². The van der Waals surface area contributed by atoms with Crippen molar-refractivity contribution in [3.05, 3.63) is 0 Å². The Morgan fingerprint density at radius 3 is 1.48 bits per heavy atom. The molecule has 0 atom stereocenters. The fourth-order valence-electron chi connectivity index (χ4n) is 2.62. The van der Waals surface area contributed by atoms with Gasteiger partial charge in [-0.2, -0.15) is 0 Å². The summed E-state index contributed by atoms with van der Waals surface area (Å²) < 4.78 is 0. The molecule has 0 aliphatic carbocycles. The molecule has 0 saturated carbocycles. The van der Waals surface area contributed by atoms with E-state index in [9.17, 15) is 4.80 Å². The first-order chi connectivity index (χ1) is 10.3. The van der Waals surface area contributed by atoms with Crippen LogP contribution in [0.15, 0.2) is 0 Å². The normalized spacial score (nSPS) is 11.4. The number of rotatable bonds is 17. The van der Waals surface area contributed by atoms with E-state index < -0.39 is 8.56 Å². The van der Waals surface area contributed by atoms with Gasteiger partial charge < -0.3 is 4.80 Å².